The van der Waals surface area contributed by atoms with E-state index >= 15 is 0 Å². The number of hydrogen-bond acceptors (Lipinski definition) is 5. The predicted molar refractivity (Wildman–Crippen MR) is 112 cm³/mol. The first kappa shape index (κ1) is 20.7. The molecule has 152 valence electrons. The minimum Gasteiger partial charge on any atom is -0.329 e. The molecule has 0 fully saturated rings. The summed E-state index contributed by atoms with van der Waals surface area (Å²) in [5.74, 6) is 0.114. The summed E-state index contributed by atoms with van der Waals surface area (Å²) in [6.45, 7) is 3.92. The number of rotatable bonds is 6. The Balaban J connectivity index is 1.86. The maximum Gasteiger partial charge on any atom is 0.258 e. The number of fused-ring (bicyclic) bond motifs is 1. The Hall–Kier alpha value is -3.00. The van der Waals surface area contributed by atoms with Crippen LogP contribution in [0.15, 0.2) is 53.3 Å². The molecule has 3 rings (SSSR count). The van der Waals surface area contributed by atoms with Gasteiger partial charge in [-0.3, -0.25) is 9.59 Å². The van der Waals surface area contributed by atoms with Crippen molar-refractivity contribution in [3.05, 3.63) is 75.8 Å². The number of para-hydroxylation sites is 1. The summed E-state index contributed by atoms with van der Waals surface area (Å²) in [7, 11) is -3.14. The Morgan fingerprint density at radius 1 is 1.10 bits per heavy atom. The first-order valence-electron chi connectivity index (χ1n) is 9.19. The van der Waals surface area contributed by atoms with E-state index in [9.17, 15) is 18.0 Å². The third kappa shape index (κ3) is 5.08. The topological polar surface area (TPSA) is 100 Å². The lowest BCUT2D eigenvalue weighted by atomic mass is 10.1. The van der Waals surface area contributed by atoms with Gasteiger partial charge in [0.25, 0.3) is 11.5 Å². The molecule has 0 aliphatic rings. The van der Waals surface area contributed by atoms with Gasteiger partial charge in [0.05, 0.1) is 23.2 Å². The second kappa shape index (κ2) is 8.16. The molecule has 1 N–H and O–H groups in total. The van der Waals surface area contributed by atoms with Gasteiger partial charge in [0.15, 0.2) is 9.84 Å². The summed E-state index contributed by atoms with van der Waals surface area (Å²) in [4.78, 5) is 34.1. The minimum absolute atomic E-state index is 0.0718. The number of nitrogens with one attached hydrogen (secondary N) is 1. The van der Waals surface area contributed by atoms with E-state index in [1.165, 1.54) is 6.26 Å². The molecule has 0 aliphatic carbocycles. The fourth-order valence-corrected chi connectivity index (χ4v) is 3.87. The van der Waals surface area contributed by atoms with Gasteiger partial charge in [-0.2, -0.15) is 0 Å². The van der Waals surface area contributed by atoms with E-state index in [1.807, 2.05) is 19.9 Å². The molecule has 0 spiro atoms. The second-order valence-electron chi connectivity index (χ2n) is 7.32. The van der Waals surface area contributed by atoms with Crippen LogP contribution < -0.4 is 5.56 Å². The molecule has 1 amide bonds. The number of H-pyrrole nitrogens is 1. The summed E-state index contributed by atoms with van der Waals surface area (Å²) in [5.41, 5.74) is 1.40. The summed E-state index contributed by atoms with van der Waals surface area (Å²) in [5, 5.41) is 0.500. The lowest BCUT2D eigenvalue weighted by molar-refractivity contribution is 0.0685. The van der Waals surface area contributed by atoms with Crippen molar-refractivity contribution in [3.8, 4) is 0 Å². The highest BCUT2D eigenvalue weighted by Gasteiger charge is 2.20. The number of benzene rings is 2. The monoisotopic (exact) mass is 413 g/mol. The Labute approximate surface area is 169 Å². The van der Waals surface area contributed by atoms with Gasteiger partial charge in [-0.05, 0) is 43.7 Å². The standard InChI is InChI=1S/C21H23N3O4S/c1-14(2)24(12-19-22-18-7-5-4-6-17(18)20(25)23-19)21(26)16-10-8-15(9-11-16)13-29(3,27)28/h4-11,14H,12-13H2,1-3H3,(H,22,23,25). The number of nitrogens with zero attached hydrogens (tertiary/aromatic N) is 2. The van der Waals surface area contributed by atoms with Crippen LogP contribution in [0.25, 0.3) is 10.9 Å². The quantitative estimate of drug-likeness (QED) is 0.669. The van der Waals surface area contributed by atoms with Crippen molar-refractivity contribution in [1.82, 2.24) is 14.9 Å². The summed E-state index contributed by atoms with van der Waals surface area (Å²) in [6.07, 6.45) is 1.17. The third-order valence-corrected chi connectivity index (χ3v) is 5.35. The van der Waals surface area contributed by atoms with Crippen LogP contribution >= 0.6 is 0 Å². The van der Waals surface area contributed by atoms with E-state index in [0.717, 1.165) is 0 Å². The van der Waals surface area contributed by atoms with Gasteiger partial charge >= 0.3 is 0 Å². The molecule has 2 aromatic carbocycles. The summed E-state index contributed by atoms with van der Waals surface area (Å²) < 4.78 is 22.9. The van der Waals surface area contributed by atoms with Crippen LogP contribution in [0.1, 0.15) is 35.6 Å². The van der Waals surface area contributed by atoms with Gasteiger partial charge in [-0.25, -0.2) is 13.4 Å². The van der Waals surface area contributed by atoms with Crippen LogP contribution in [0.4, 0.5) is 0 Å². The lowest BCUT2D eigenvalue weighted by Gasteiger charge is -2.26. The highest BCUT2D eigenvalue weighted by molar-refractivity contribution is 7.89. The Kier molecular flexibility index (Phi) is 5.83. The smallest absolute Gasteiger partial charge is 0.258 e. The number of amides is 1. The SMILES string of the molecule is CC(C)N(Cc1nc2ccccc2c(=O)[nH]1)C(=O)c1ccc(CS(C)(=O)=O)cc1. The van der Waals surface area contributed by atoms with E-state index < -0.39 is 9.84 Å². The average Bonchev–Trinajstić information content (AvgIpc) is 2.65. The number of carbonyl (C=O) groups is 1. The van der Waals surface area contributed by atoms with Crippen molar-refractivity contribution >= 4 is 26.6 Å². The van der Waals surface area contributed by atoms with Crippen molar-refractivity contribution in [3.63, 3.8) is 0 Å². The Morgan fingerprint density at radius 3 is 2.38 bits per heavy atom. The highest BCUT2D eigenvalue weighted by atomic mass is 32.2. The molecule has 0 saturated carbocycles. The average molecular weight is 413 g/mol. The fourth-order valence-electron chi connectivity index (χ4n) is 3.07. The van der Waals surface area contributed by atoms with Gasteiger partial charge in [-0.1, -0.05) is 24.3 Å². The van der Waals surface area contributed by atoms with Gasteiger partial charge in [-0.15, -0.1) is 0 Å². The molecular formula is C21H23N3O4S. The van der Waals surface area contributed by atoms with E-state index in [1.54, 1.807) is 47.4 Å². The molecule has 0 radical (unpaired) electrons. The Morgan fingerprint density at radius 2 is 1.76 bits per heavy atom. The number of carbonyl (C=O) groups excluding carboxylic acids is 1. The maximum atomic E-state index is 13.0. The first-order chi connectivity index (χ1) is 13.6. The van der Waals surface area contributed by atoms with Crippen LogP contribution in [0, 0.1) is 0 Å². The van der Waals surface area contributed by atoms with Crippen LogP contribution in [-0.4, -0.2) is 41.5 Å². The minimum atomic E-state index is -3.14. The molecule has 0 unspecified atom stereocenters. The number of aromatic amines is 1. The van der Waals surface area contributed by atoms with Crippen LogP contribution in [0.2, 0.25) is 0 Å². The lowest BCUT2D eigenvalue weighted by Crippen LogP contribution is -2.37. The van der Waals surface area contributed by atoms with Crippen molar-refractivity contribution in [2.45, 2.75) is 32.2 Å². The highest BCUT2D eigenvalue weighted by Crippen LogP contribution is 2.15. The fraction of sp³-hybridized carbons (Fsp3) is 0.286. The second-order valence-corrected chi connectivity index (χ2v) is 9.46. The zero-order valence-electron chi connectivity index (χ0n) is 16.5. The van der Waals surface area contributed by atoms with Crippen molar-refractivity contribution < 1.29 is 13.2 Å². The van der Waals surface area contributed by atoms with Gasteiger partial charge in [0.2, 0.25) is 0 Å². The van der Waals surface area contributed by atoms with Gasteiger partial charge < -0.3 is 9.88 Å². The normalized spacial score (nSPS) is 11.7. The van der Waals surface area contributed by atoms with Crippen molar-refractivity contribution in [1.29, 1.82) is 0 Å². The maximum absolute atomic E-state index is 13.0. The molecule has 0 saturated heterocycles. The third-order valence-electron chi connectivity index (χ3n) is 4.50. The van der Waals surface area contributed by atoms with E-state index in [2.05, 4.69) is 9.97 Å². The van der Waals surface area contributed by atoms with Crippen LogP contribution in [0.5, 0.6) is 0 Å². The zero-order valence-corrected chi connectivity index (χ0v) is 17.4. The largest absolute Gasteiger partial charge is 0.329 e. The van der Waals surface area contributed by atoms with Crippen molar-refractivity contribution in [2.24, 2.45) is 0 Å². The van der Waals surface area contributed by atoms with Gasteiger partial charge in [0, 0.05) is 17.9 Å². The molecule has 1 heterocycles. The molecule has 1 aromatic heterocycles. The molecule has 8 heteroatoms. The molecule has 0 atom stereocenters. The zero-order chi connectivity index (χ0) is 21.2. The number of aromatic nitrogens is 2. The summed E-state index contributed by atoms with van der Waals surface area (Å²) in [6, 6.07) is 13.4. The van der Waals surface area contributed by atoms with E-state index in [-0.39, 0.29) is 29.8 Å². The first-order valence-corrected chi connectivity index (χ1v) is 11.3. The molecule has 0 bridgehead atoms. The van der Waals surface area contributed by atoms with Gasteiger partial charge in [0.1, 0.15) is 5.82 Å². The number of sulfone groups is 1. The molecule has 29 heavy (non-hydrogen) atoms. The Bertz CT molecular complexity index is 1200. The van der Waals surface area contributed by atoms with Crippen molar-refractivity contribution in [2.75, 3.05) is 6.26 Å². The molecule has 0 aliphatic heterocycles. The molecule has 7 nitrogen and oxygen atoms in total. The summed E-state index contributed by atoms with van der Waals surface area (Å²) >= 11 is 0. The molecule has 3 aromatic rings. The number of hydrogen-bond donors (Lipinski definition) is 1. The van der Waals surface area contributed by atoms with Crippen LogP contribution in [-0.2, 0) is 22.1 Å². The van der Waals surface area contributed by atoms with E-state index in [4.69, 9.17) is 0 Å². The van der Waals surface area contributed by atoms with E-state index in [0.29, 0.717) is 27.9 Å². The van der Waals surface area contributed by atoms with Crippen LogP contribution in [0.3, 0.4) is 0 Å². The molecular weight excluding hydrogens is 390 g/mol. The predicted octanol–water partition coefficient (Wildman–Crippen LogP) is 2.52.